The summed E-state index contributed by atoms with van der Waals surface area (Å²) in [6.45, 7) is 5.58. The van der Waals surface area contributed by atoms with Crippen LogP contribution in [0, 0.1) is 11.8 Å². The van der Waals surface area contributed by atoms with Crippen molar-refractivity contribution in [2.45, 2.75) is 51.0 Å². The third kappa shape index (κ3) is 4.55. The molecule has 8 nitrogen and oxygen atoms in total. The second-order valence-electron chi connectivity index (χ2n) is 12.7. The molecule has 3 aliphatic rings. The zero-order valence-corrected chi connectivity index (χ0v) is 25.5. The van der Waals surface area contributed by atoms with E-state index in [0.29, 0.717) is 46.2 Å². The summed E-state index contributed by atoms with van der Waals surface area (Å²) in [7, 11) is 0. The first-order valence-corrected chi connectivity index (χ1v) is 15.4. The molecule has 3 aliphatic heterocycles. The molecule has 2 N–H and O–H groups in total. The molecule has 0 unspecified atom stereocenters. The van der Waals surface area contributed by atoms with Gasteiger partial charge in [0.15, 0.2) is 11.4 Å². The third-order valence-electron chi connectivity index (χ3n) is 9.47. The number of fused-ring (bicyclic) bond motifs is 4. The molecule has 230 valence electrons. The van der Waals surface area contributed by atoms with E-state index in [1.54, 1.807) is 41.8 Å². The fraction of sp³-hybridized carbons (Fsp3) is 0.297. The molecule has 1 saturated heterocycles. The Balaban J connectivity index is 1.42. The van der Waals surface area contributed by atoms with Crippen LogP contribution in [-0.4, -0.2) is 40.3 Å². The molecule has 0 aromatic heterocycles. The number of aliphatic hydroxyl groups is 2. The lowest BCUT2D eigenvalue weighted by atomic mass is 9.71. The average Bonchev–Trinajstić information content (AvgIpc) is 3.39. The van der Waals surface area contributed by atoms with Gasteiger partial charge in [-0.2, -0.15) is 0 Å². The van der Waals surface area contributed by atoms with Gasteiger partial charge in [-0.25, -0.2) is 0 Å². The summed E-state index contributed by atoms with van der Waals surface area (Å²) in [6.07, 6.45) is -0.295. The fourth-order valence-electron chi connectivity index (χ4n) is 7.59. The van der Waals surface area contributed by atoms with Gasteiger partial charge in [0.1, 0.15) is 5.75 Å². The van der Waals surface area contributed by atoms with Crippen LogP contribution in [-0.2, 0) is 21.7 Å². The van der Waals surface area contributed by atoms with E-state index in [4.69, 9.17) is 9.47 Å². The number of rotatable bonds is 6. The molecule has 1 fully saturated rings. The van der Waals surface area contributed by atoms with Gasteiger partial charge in [0.2, 0.25) is 0 Å². The maximum Gasteiger partial charge on any atom is 0.266 e. The summed E-state index contributed by atoms with van der Waals surface area (Å²) < 4.78 is 13.0. The number of anilines is 3. The van der Waals surface area contributed by atoms with Crippen LogP contribution >= 0.6 is 0 Å². The molecule has 0 radical (unpaired) electrons. The Labute approximate surface area is 262 Å². The summed E-state index contributed by atoms with van der Waals surface area (Å²) in [5.74, 6) is -0.384. The van der Waals surface area contributed by atoms with Crippen molar-refractivity contribution in [2.75, 3.05) is 16.4 Å². The van der Waals surface area contributed by atoms with E-state index >= 15 is 0 Å². The van der Waals surface area contributed by atoms with E-state index in [2.05, 4.69) is 0 Å². The zero-order valence-electron chi connectivity index (χ0n) is 25.5. The molecule has 4 aromatic rings. The van der Waals surface area contributed by atoms with Gasteiger partial charge in [0.25, 0.3) is 11.8 Å². The molecular formula is C37H36N2O6. The van der Waals surface area contributed by atoms with Crippen LogP contribution in [0.25, 0.3) is 0 Å². The molecule has 3 heterocycles. The third-order valence-corrected chi connectivity index (χ3v) is 9.47. The molecular weight excluding hydrogens is 568 g/mol. The lowest BCUT2D eigenvalue weighted by Crippen LogP contribution is -2.46. The molecule has 0 bridgehead atoms. The highest BCUT2D eigenvalue weighted by Gasteiger charge is 2.65. The number of amides is 2. The smallest absolute Gasteiger partial charge is 0.266 e. The van der Waals surface area contributed by atoms with Gasteiger partial charge in [0, 0.05) is 29.7 Å². The van der Waals surface area contributed by atoms with E-state index in [0.717, 1.165) is 5.56 Å². The van der Waals surface area contributed by atoms with Gasteiger partial charge in [0.05, 0.1) is 35.2 Å². The van der Waals surface area contributed by atoms with Gasteiger partial charge in [-0.15, -0.1) is 0 Å². The molecule has 0 aliphatic carbocycles. The van der Waals surface area contributed by atoms with Gasteiger partial charge >= 0.3 is 0 Å². The van der Waals surface area contributed by atoms with E-state index in [1.165, 1.54) is 0 Å². The van der Waals surface area contributed by atoms with Gasteiger partial charge in [-0.05, 0) is 68.3 Å². The highest BCUT2D eigenvalue weighted by atomic mass is 16.5. The maximum atomic E-state index is 14.7. The van der Waals surface area contributed by atoms with Gasteiger partial charge in [-0.1, -0.05) is 61.5 Å². The molecule has 0 saturated carbocycles. The van der Waals surface area contributed by atoms with Crippen molar-refractivity contribution >= 4 is 28.9 Å². The summed E-state index contributed by atoms with van der Waals surface area (Å²) in [4.78, 5) is 32.4. The standard InChI is InChI=1S/C37H36N2O6/c1-23-33(36(2,3)43)32(19-20-40)45-37(23)27-21-25(17-18-28(27)38(35(37)42)22-24-11-5-4-6-12-24)39-29-14-8-10-16-31(29)44-30-15-9-7-13-26(30)34(39)41/h4-18,21,23,32-33,40,43H,19-20,22H2,1-3H3/t23-,32+,33-,37+/m0/s1. The Kier molecular flexibility index (Phi) is 7.04. The number of hydrogen-bond donors (Lipinski definition) is 2. The minimum Gasteiger partial charge on any atom is -0.454 e. The number of para-hydroxylation sites is 3. The monoisotopic (exact) mass is 604 g/mol. The first-order valence-electron chi connectivity index (χ1n) is 15.4. The first kappa shape index (κ1) is 29.2. The molecule has 2 amide bonds. The molecule has 4 aromatic carbocycles. The number of aliphatic hydroxyl groups excluding tert-OH is 1. The van der Waals surface area contributed by atoms with Crippen LogP contribution < -0.4 is 14.5 Å². The summed E-state index contributed by atoms with van der Waals surface area (Å²) in [5.41, 5.74) is 1.20. The Morgan fingerprint density at radius 1 is 0.867 bits per heavy atom. The Morgan fingerprint density at radius 2 is 1.56 bits per heavy atom. The summed E-state index contributed by atoms with van der Waals surface area (Å²) in [6, 6.07) is 29.9. The predicted octanol–water partition coefficient (Wildman–Crippen LogP) is 6.32. The number of benzene rings is 4. The zero-order chi connectivity index (χ0) is 31.5. The largest absolute Gasteiger partial charge is 0.454 e. The highest BCUT2D eigenvalue weighted by Crippen LogP contribution is 2.59. The number of carbonyl (C=O) groups is 2. The van der Waals surface area contributed by atoms with E-state index in [1.807, 2.05) is 85.8 Å². The number of nitrogens with zero attached hydrogens (tertiary/aromatic N) is 2. The van der Waals surface area contributed by atoms with E-state index in [-0.39, 0.29) is 24.8 Å². The Hall–Kier alpha value is -4.50. The second-order valence-corrected chi connectivity index (χ2v) is 12.7. The Morgan fingerprint density at radius 3 is 2.29 bits per heavy atom. The van der Waals surface area contributed by atoms with Gasteiger partial charge < -0.3 is 24.6 Å². The van der Waals surface area contributed by atoms with Crippen LogP contribution in [0.5, 0.6) is 11.5 Å². The van der Waals surface area contributed by atoms with Crippen molar-refractivity contribution in [3.8, 4) is 11.5 Å². The molecule has 1 spiro atoms. The molecule has 4 atom stereocenters. The van der Waals surface area contributed by atoms with E-state index < -0.39 is 29.1 Å². The minimum absolute atomic E-state index is 0.145. The summed E-state index contributed by atoms with van der Waals surface area (Å²) >= 11 is 0. The van der Waals surface area contributed by atoms with Crippen molar-refractivity contribution in [2.24, 2.45) is 11.8 Å². The second kappa shape index (κ2) is 10.8. The molecule has 45 heavy (non-hydrogen) atoms. The molecule has 7 rings (SSSR count). The number of hydrogen-bond acceptors (Lipinski definition) is 6. The van der Waals surface area contributed by atoms with Crippen LogP contribution in [0.2, 0.25) is 0 Å². The highest BCUT2D eigenvalue weighted by molar-refractivity contribution is 6.15. The lowest BCUT2D eigenvalue weighted by molar-refractivity contribution is -0.146. The number of ether oxygens (including phenoxy) is 2. The van der Waals surface area contributed by atoms with Crippen LogP contribution in [0.3, 0.4) is 0 Å². The fourth-order valence-corrected chi connectivity index (χ4v) is 7.59. The van der Waals surface area contributed by atoms with Gasteiger partial charge in [-0.3, -0.25) is 14.5 Å². The SMILES string of the molecule is C[C@H]1[C@H](C(C)(C)O)[C@@H](CCO)O[C@]12C(=O)N(Cc1ccccc1)c1ccc(N3C(=O)c4ccccc4Oc4ccccc43)cc12. The average molecular weight is 605 g/mol. The van der Waals surface area contributed by atoms with Crippen molar-refractivity contribution in [1.82, 2.24) is 0 Å². The van der Waals surface area contributed by atoms with Crippen molar-refractivity contribution < 1.29 is 29.3 Å². The number of carbonyl (C=O) groups excluding carboxylic acids is 2. The lowest BCUT2D eigenvalue weighted by Gasteiger charge is -2.34. The maximum absolute atomic E-state index is 14.7. The van der Waals surface area contributed by atoms with Crippen molar-refractivity contribution in [3.63, 3.8) is 0 Å². The van der Waals surface area contributed by atoms with Crippen molar-refractivity contribution in [3.05, 3.63) is 114 Å². The van der Waals surface area contributed by atoms with Crippen LogP contribution in [0.1, 0.15) is 48.7 Å². The van der Waals surface area contributed by atoms with Crippen molar-refractivity contribution in [1.29, 1.82) is 0 Å². The Bertz CT molecular complexity index is 1780. The minimum atomic E-state index is -1.44. The first-order chi connectivity index (χ1) is 21.6. The van der Waals surface area contributed by atoms with Crippen LogP contribution in [0.4, 0.5) is 17.1 Å². The summed E-state index contributed by atoms with van der Waals surface area (Å²) in [5, 5.41) is 21.3. The van der Waals surface area contributed by atoms with E-state index in [9.17, 15) is 19.8 Å². The normalized spacial score (nSPS) is 23.9. The van der Waals surface area contributed by atoms with Crippen LogP contribution in [0.15, 0.2) is 97.1 Å². The molecule has 8 heteroatoms. The quantitative estimate of drug-likeness (QED) is 0.267. The topological polar surface area (TPSA) is 99.5 Å². The predicted molar refractivity (Wildman–Crippen MR) is 171 cm³/mol.